The highest BCUT2D eigenvalue weighted by Crippen LogP contribution is 2.21. The molecule has 3 heterocycles. The number of furan rings is 1. The Bertz CT molecular complexity index is 927. The molecule has 0 aliphatic carbocycles. The van der Waals surface area contributed by atoms with Gasteiger partial charge in [0, 0.05) is 44.9 Å². The molecule has 166 valence electrons. The fourth-order valence-electron chi connectivity index (χ4n) is 3.61. The van der Waals surface area contributed by atoms with Gasteiger partial charge >= 0.3 is 0 Å². The van der Waals surface area contributed by atoms with Crippen LogP contribution in [0.2, 0.25) is 0 Å². The molecule has 3 aromatic rings. The van der Waals surface area contributed by atoms with E-state index in [0.29, 0.717) is 13.2 Å². The summed E-state index contributed by atoms with van der Waals surface area (Å²) in [5, 5.41) is 7.85. The van der Waals surface area contributed by atoms with Crippen molar-refractivity contribution in [3.05, 3.63) is 78.0 Å². The third-order valence-electron chi connectivity index (χ3n) is 5.20. The van der Waals surface area contributed by atoms with Crippen LogP contribution in [0.1, 0.15) is 23.0 Å². The lowest BCUT2D eigenvalue weighted by Crippen LogP contribution is -2.48. The maximum absolute atomic E-state index is 6.00. The van der Waals surface area contributed by atoms with Gasteiger partial charge in [-0.05, 0) is 24.1 Å². The number of aliphatic imine (C=N–C) groups is 1. The number of guanidine groups is 1. The molecule has 0 amide bonds. The maximum Gasteiger partial charge on any atom is 0.194 e. The van der Waals surface area contributed by atoms with E-state index in [0.717, 1.165) is 49.8 Å². The van der Waals surface area contributed by atoms with Gasteiger partial charge in [0.05, 0.1) is 25.6 Å². The normalized spacial score (nSPS) is 16.7. The van der Waals surface area contributed by atoms with Gasteiger partial charge in [-0.2, -0.15) is 5.10 Å². The van der Waals surface area contributed by atoms with E-state index in [-0.39, 0.29) is 30.1 Å². The lowest BCUT2D eigenvalue weighted by Gasteiger charge is -2.35. The molecule has 1 fully saturated rings. The topological polar surface area (TPSA) is 67.8 Å². The first-order valence-corrected chi connectivity index (χ1v) is 10.5. The lowest BCUT2D eigenvalue weighted by atomic mass is 10.1. The van der Waals surface area contributed by atoms with Crippen LogP contribution in [0, 0.1) is 0 Å². The van der Waals surface area contributed by atoms with Crippen LogP contribution in [0.15, 0.2) is 70.5 Å². The van der Waals surface area contributed by atoms with Gasteiger partial charge in [-0.25, -0.2) is 0 Å². The second-order valence-corrected chi connectivity index (χ2v) is 7.45. The summed E-state index contributed by atoms with van der Waals surface area (Å²) in [7, 11) is 1.93. The number of nitrogens with zero attached hydrogens (tertiary/aromatic N) is 4. The van der Waals surface area contributed by atoms with Crippen molar-refractivity contribution in [1.82, 2.24) is 20.0 Å². The predicted molar refractivity (Wildman–Crippen MR) is 132 cm³/mol. The summed E-state index contributed by atoms with van der Waals surface area (Å²) in [6, 6.07) is 14.4. The third kappa shape index (κ3) is 6.83. The van der Waals surface area contributed by atoms with Crippen molar-refractivity contribution < 1.29 is 9.15 Å². The molecule has 2 aromatic heterocycles. The molecule has 8 heteroatoms. The highest BCUT2D eigenvalue weighted by molar-refractivity contribution is 14.0. The zero-order valence-electron chi connectivity index (χ0n) is 17.8. The summed E-state index contributed by atoms with van der Waals surface area (Å²) in [4.78, 5) is 7.17. The molecule has 7 nitrogen and oxygen atoms in total. The second-order valence-electron chi connectivity index (χ2n) is 7.45. The van der Waals surface area contributed by atoms with E-state index in [1.54, 1.807) is 6.26 Å². The summed E-state index contributed by atoms with van der Waals surface area (Å²) < 4.78 is 13.3. The average Bonchev–Trinajstić information content (AvgIpc) is 3.45. The Morgan fingerprint density at radius 1 is 1.19 bits per heavy atom. The van der Waals surface area contributed by atoms with E-state index in [2.05, 4.69) is 39.6 Å². The quantitative estimate of drug-likeness (QED) is 0.285. The molecule has 1 aliphatic heterocycles. The van der Waals surface area contributed by atoms with Crippen molar-refractivity contribution in [3.8, 4) is 0 Å². The fourth-order valence-corrected chi connectivity index (χ4v) is 3.61. The van der Waals surface area contributed by atoms with Crippen molar-refractivity contribution in [2.45, 2.75) is 18.9 Å². The standard InChI is InChI=1S/C23H29N5O2.HI/c1-27-17-20(16-26-27)22-18-28(13-15-30-22)23(25-12-10-21-8-5-14-29-21)24-11-9-19-6-3-2-4-7-19;/h2-8,14,16-17,22H,9-13,15,18H2,1H3,(H,24,25);1H. The number of hydrogen-bond donors (Lipinski definition) is 1. The molecule has 0 bridgehead atoms. The number of hydrogen-bond acceptors (Lipinski definition) is 4. The van der Waals surface area contributed by atoms with E-state index >= 15 is 0 Å². The summed E-state index contributed by atoms with van der Waals surface area (Å²) in [6.45, 7) is 3.74. The predicted octanol–water partition coefficient (Wildman–Crippen LogP) is 3.44. The first kappa shape index (κ1) is 23.3. The molecular weight excluding hydrogens is 505 g/mol. The Morgan fingerprint density at radius 2 is 2.06 bits per heavy atom. The number of rotatable bonds is 7. The largest absolute Gasteiger partial charge is 0.469 e. The lowest BCUT2D eigenvalue weighted by molar-refractivity contribution is -0.00805. The van der Waals surface area contributed by atoms with Gasteiger partial charge in [-0.3, -0.25) is 9.67 Å². The van der Waals surface area contributed by atoms with E-state index in [4.69, 9.17) is 14.1 Å². The molecule has 0 radical (unpaired) electrons. The molecular formula is C23H30IN5O2. The molecule has 1 N–H and O–H groups in total. The van der Waals surface area contributed by atoms with Crippen LogP contribution in [0.3, 0.4) is 0 Å². The first-order valence-electron chi connectivity index (χ1n) is 10.5. The number of nitrogens with one attached hydrogen (secondary N) is 1. The van der Waals surface area contributed by atoms with Gasteiger partial charge < -0.3 is 19.4 Å². The number of ether oxygens (including phenoxy) is 1. The second kappa shape index (κ2) is 11.9. The molecule has 1 atom stereocenters. The molecule has 1 unspecified atom stereocenters. The number of halogens is 1. The van der Waals surface area contributed by atoms with Gasteiger partial charge in [-0.15, -0.1) is 24.0 Å². The average molecular weight is 535 g/mol. The SMILES string of the molecule is Cn1cc(C2CN(C(=NCCc3ccco3)NCCc3ccccc3)CCO2)cn1.I. The molecule has 0 saturated carbocycles. The van der Waals surface area contributed by atoms with Crippen LogP contribution in [-0.2, 0) is 24.6 Å². The van der Waals surface area contributed by atoms with Crippen molar-refractivity contribution in [2.24, 2.45) is 12.0 Å². The van der Waals surface area contributed by atoms with E-state index in [1.165, 1.54) is 5.56 Å². The summed E-state index contributed by atoms with van der Waals surface area (Å²) in [6.07, 6.45) is 7.34. The van der Waals surface area contributed by atoms with E-state index in [9.17, 15) is 0 Å². The van der Waals surface area contributed by atoms with E-state index < -0.39 is 0 Å². The summed E-state index contributed by atoms with van der Waals surface area (Å²) in [5.74, 6) is 1.88. The van der Waals surface area contributed by atoms with Crippen LogP contribution in [0.25, 0.3) is 0 Å². The van der Waals surface area contributed by atoms with Crippen molar-refractivity contribution in [1.29, 1.82) is 0 Å². The van der Waals surface area contributed by atoms with Crippen molar-refractivity contribution >= 4 is 29.9 Å². The Hall–Kier alpha value is -2.33. The van der Waals surface area contributed by atoms with Gasteiger partial charge in [0.25, 0.3) is 0 Å². The fraction of sp³-hybridized carbons (Fsp3) is 0.391. The van der Waals surface area contributed by atoms with Gasteiger partial charge in [0.15, 0.2) is 5.96 Å². The Balaban J connectivity index is 0.00000272. The van der Waals surface area contributed by atoms with Crippen molar-refractivity contribution in [3.63, 3.8) is 0 Å². The molecule has 1 aromatic carbocycles. The zero-order valence-corrected chi connectivity index (χ0v) is 20.1. The van der Waals surface area contributed by atoms with Crippen LogP contribution < -0.4 is 5.32 Å². The molecule has 0 spiro atoms. The van der Waals surface area contributed by atoms with Gasteiger partial charge in [0.1, 0.15) is 11.9 Å². The Kier molecular flexibility index (Phi) is 8.96. The maximum atomic E-state index is 6.00. The minimum Gasteiger partial charge on any atom is -0.469 e. The minimum atomic E-state index is -0.00125. The number of aromatic nitrogens is 2. The smallest absolute Gasteiger partial charge is 0.194 e. The van der Waals surface area contributed by atoms with Crippen LogP contribution in [0.5, 0.6) is 0 Å². The highest BCUT2D eigenvalue weighted by Gasteiger charge is 2.25. The van der Waals surface area contributed by atoms with Gasteiger partial charge in [-0.1, -0.05) is 30.3 Å². The Morgan fingerprint density at radius 3 is 2.81 bits per heavy atom. The number of aryl methyl sites for hydroxylation is 1. The van der Waals surface area contributed by atoms with Crippen LogP contribution in [-0.4, -0.2) is 53.4 Å². The zero-order chi connectivity index (χ0) is 20.6. The summed E-state index contributed by atoms with van der Waals surface area (Å²) in [5.41, 5.74) is 2.41. The van der Waals surface area contributed by atoms with Crippen LogP contribution >= 0.6 is 24.0 Å². The highest BCUT2D eigenvalue weighted by atomic mass is 127. The van der Waals surface area contributed by atoms with Gasteiger partial charge in [0.2, 0.25) is 0 Å². The molecule has 1 aliphatic rings. The van der Waals surface area contributed by atoms with E-state index in [1.807, 2.05) is 42.3 Å². The monoisotopic (exact) mass is 535 g/mol. The molecule has 31 heavy (non-hydrogen) atoms. The third-order valence-corrected chi connectivity index (χ3v) is 5.20. The van der Waals surface area contributed by atoms with Crippen LogP contribution in [0.4, 0.5) is 0 Å². The molecule has 4 rings (SSSR count). The summed E-state index contributed by atoms with van der Waals surface area (Å²) >= 11 is 0. The number of benzene rings is 1. The molecule has 1 saturated heterocycles. The number of morpholine rings is 1. The first-order chi connectivity index (χ1) is 14.8. The van der Waals surface area contributed by atoms with Crippen molar-refractivity contribution in [2.75, 3.05) is 32.8 Å². The Labute approximate surface area is 200 Å². The minimum absolute atomic E-state index is 0.